The molecule has 0 radical (unpaired) electrons. The molecule has 0 saturated carbocycles. The fourth-order valence-corrected chi connectivity index (χ4v) is 2.41. The van der Waals surface area contributed by atoms with Gasteiger partial charge < -0.3 is 23.7 Å². The van der Waals surface area contributed by atoms with Crippen LogP contribution in [-0.2, 0) is 20.8 Å². The summed E-state index contributed by atoms with van der Waals surface area (Å²) in [6.45, 7) is 1.45. The minimum Gasteiger partial charge on any atom is -0.493 e. The van der Waals surface area contributed by atoms with Crippen LogP contribution in [0, 0.1) is 0 Å². The SMILES string of the molecule is COCc1cc(OC)c(OC)cc1C(=O)OC1CCCOC1. The Labute approximate surface area is 130 Å². The number of rotatable bonds is 6. The van der Waals surface area contributed by atoms with Crippen LogP contribution in [0.3, 0.4) is 0 Å². The van der Waals surface area contributed by atoms with Gasteiger partial charge >= 0.3 is 5.97 Å². The molecule has 1 aliphatic rings. The summed E-state index contributed by atoms with van der Waals surface area (Å²) in [5.74, 6) is 0.629. The molecule has 1 heterocycles. The number of ether oxygens (including phenoxy) is 5. The van der Waals surface area contributed by atoms with Gasteiger partial charge in [-0.2, -0.15) is 0 Å². The first-order chi connectivity index (χ1) is 10.7. The molecule has 1 saturated heterocycles. The number of carbonyl (C=O) groups excluding carboxylic acids is 1. The van der Waals surface area contributed by atoms with Gasteiger partial charge in [-0.1, -0.05) is 0 Å². The van der Waals surface area contributed by atoms with Gasteiger partial charge in [0.15, 0.2) is 11.5 Å². The largest absolute Gasteiger partial charge is 0.493 e. The molecule has 22 heavy (non-hydrogen) atoms. The minimum atomic E-state index is -0.400. The Morgan fingerprint density at radius 1 is 1.23 bits per heavy atom. The van der Waals surface area contributed by atoms with Crippen molar-refractivity contribution in [3.63, 3.8) is 0 Å². The minimum absolute atomic E-state index is 0.204. The van der Waals surface area contributed by atoms with E-state index in [2.05, 4.69) is 0 Å². The van der Waals surface area contributed by atoms with E-state index < -0.39 is 5.97 Å². The number of carbonyl (C=O) groups is 1. The van der Waals surface area contributed by atoms with Gasteiger partial charge in [0.05, 0.1) is 33.0 Å². The highest BCUT2D eigenvalue weighted by Gasteiger charge is 2.23. The van der Waals surface area contributed by atoms with Crippen LogP contribution in [0.1, 0.15) is 28.8 Å². The molecular weight excluding hydrogens is 288 g/mol. The van der Waals surface area contributed by atoms with E-state index in [1.54, 1.807) is 26.4 Å². The van der Waals surface area contributed by atoms with Crippen molar-refractivity contribution in [2.24, 2.45) is 0 Å². The summed E-state index contributed by atoms with van der Waals surface area (Å²) in [5.41, 5.74) is 1.12. The monoisotopic (exact) mass is 310 g/mol. The molecule has 0 spiro atoms. The van der Waals surface area contributed by atoms with Crippen molar-refractivity contribution in [2.75, 3.05) is 34.5 Å². The third-order valence-corrected chi connectivity index (χ3v) is 3.52. The summed E-state index contributed by atoms with van der Waals surface area (Å²) < 4.78 is 26.5. The van der Waals surface area contributed by atoms with Crippen molar-refractivity contribution < 1.29 is 28.5 Å². The molecule has 0 amide bonds. The van der Waals surface area contributed by atoms with E-state index in [-0.39, 0.29) is 12.7 Å². The van der Waals surface area contributed by atoms with Crippen LogP contribution in [0.5, 0.6) is 11.5 Å². The fourth-order valence-electron chi connectivity index (χ4n) is 2.41. The van der Waals surface area contributed by atoms with Crippen molar-refractivity contribution in [1.29, 1.82) is 0 Å². The van der Waals surface area contributed by atoms with Crippen molar-refractivity contribution in [1.82, 2.24) is 0 Å². The van der Waals surface area contributed by atoms with Gasteiger partial charge in [-0.3, -0.25) is 0 Å². The van der Waals surface area contributed by atoms with E-state index in [1.807, 2.05) is 0 Å². The van der Waals surface area contributed by atoms with Crippen LogP contribution in [0.2, 0.25) is 0 Å². The molecular formula is C16H22O6. The molecule has 1 atom stereocenters. The fraction of sp³-hybridized carbons (Fsp3) is 0.562. The summed E-state index contributed by atoms with van der Waals surface area (Å²) in [7, 11) is 4.64. The highest BCUT2D eigenvalue weighted by molar-refractivity contribution is 5.92. The van der Waals surface area contributed by atoms with Crippen molar-refractivity contribution >= 4 is 5.97 Å². The topological polar surface area (TPSA) is 63.2 Å². The maximum absolute atomic E-state index is 12.4. The number of esters is 1. The Morgan fingerprint density at radius 2 is 1.95 bits per heavy atom. The first-order valence-corrected chi connectivity index (χ1v) is 7.22. The molecule has 0 bridgehead atoms. The highest BCUT2D eigenvalue weighted by atomic mass is 16.6. The van der Waals surface area contributed by atoms with E-state index in [9.17, 15) is 4.79 Å². The van der Waals surface area contributed by atoms with E-state index in [4.69, 9.17) is 23.7 Å². The van der Waals surface area contributed by atoms with Crippen LogP contribution in [0.4, 0.5) is 0 Å². The average molecular weight is 310 g/mol. The second-order valence-electron chi connectivity index (χ2n) is 5.04. The third-order valence-electron chi connectivity index (χ3n) is 3.52. The number of benzene rings is 1. The lowest BCUT2D eigenvalue weighted by molar-refractivity contribution is -0.0307. The molecule has 6 nitrogen and oxygen atoms in total. The molecule has 2 rings (SSSR count). The Hall–Kier alpha value is -1.79. The summed E-state index contributed by atoms with van der Waals surface area (Å²) in [4.78, 5) is 12.4. The zero-order chi connectivity index (χ0) is 15.9. The second kappa shape index (κ2) is 8.00. The average Bonchev–Trinajstić information content (AvgIpc) is 2.55. The Balaban J connectivity index is 2.24. The molecule has 1 aromatic rings. The molecule has 0 aromatic heterocycles. The van der Waals surface area contributed by atoms with Gasteiger partial charge in [-0.15, -0.1) is 0 Å². The standard InChI is InChI=1S/C16H22O6/c1-18-9-11-7-14(19-2)15(20-3)8-13(11)16(17)22-12-5-4-6-21-10-12/h7-8,12H,4-6,9-10H2,1-3H3. The summed E-state index contributed by atoms with van der Waals surface area (Å²) in [6, 6.07) is 3.36. The van der Waals surface area contributed by atoms with Gasteiger partial charge in [-0.25, -0.2) is 4.79 Å². The molecule has 0 N–H and O–H groups in total. The van der Waals surface area contributed by atoms with Gasteiger partial charge in [0, 0.05) is 13.7 Å². The second-order valence-corrected chi connectivity index (χ2v) is 5.04. The maximum atomic E-state index is 12.4. The van der Waals surface area contributed by atoms with Crippen molar-refractivity contribution in [2.45, 2.75) is 25.6 Å². The predicted molar refractivity (Wildman–Crippen MR) is 79.5 cm³/mol. The molecule has 1 aromatic carbocycles. The molecule has 1 aliphatic heterocycles. The maximum Gasteiger partial charge on any atom is 0.338 e. The first-order valence-electron chi connectivity index (χ1n) is 7.22. The Morgan fingerprint density at radius 3 is 2.55 bits per heavy atom. The van der Waals surface area contributed by atoms with E-state index in [0.717, 1.165) is 19.4 Å². The smallest absolute Gasteiger partial charge is 0.338 e. The normalized spacial score (nSPS) is 17.9. The number of hydrogen-bond acceptors (Lipinski definition) is 6. The van der Waals surface area contributed by atoms with Crippen LogP contribution in [0.15, 0.2) is 12.1 Å². The first kappa shape index (κ1) is 16.6. The van der Waals surface area contributed by atoms with Gasteiger partial charge in [0.1, 0.15) is 6.10 Å². The lowest BCUT2D eigenvalue weighted by Gasteiger charge is -2.23. The van der Waals surface area contributed by atoms with Crippen LogP contribution < -0.4 is 9.47 Å². The summed E-state index contributed by atoms with van der Waals surface area (Å²) in [5, 5.41) is 0. The summed E-state index contributed by atoms with van der Waals surface area (Å²) >= 11 is 0. The lowest BCUT2D eigenvalue weighted by Crippen LogP contribution is -2.28. The molecule has 0 aliphatic carbocycles. The van der Waals surface area contributed by atoms with Crippen LogP contribution >= 0.6 is 0 Å². The van der Waals surface area contributed by atoms with Gasteiger partial charge in [-0.05, 0) is 30.5 Å². The zero-order valence-electron chi connectivity index (χ0n) is 13.2. The van der Waals surface area contributed by atoms with Crippen molar-refractivity contribution in [3.8, 4) is 11.5 Å². The Bertz CT molecular complexity index is 508. The van der Waals surface area contributed by atoms with E-state index in [1.165, 1.54) is 7.11 Å². The molecule has 1 unspecified atom stereocenters. The molecule has 6 heteroatoms. The predicted octanol–water partition coefficient (Wildman–Crippen LogP) is 2.19. The van der Waals surface area contributed by atoms with Gasteiger partial charge in [0.2, 0.25) is 0 Å². The lowest BCUT2D eigenvalue weighted by atomic mass is 10.1. The highest BCUT2D eigenvalue weighted by Crippen LogP contribution is 2.31. The zero-order valence-corrected chi connectivity index (χ0v) is 13.2. The number of hydrogen-bond donors (Lipinski definition) is 0. The van der Waals surface area contributed by atoms with Crippen molar-refractivity contribution in [3.05, 3.63) is 23.3 Å². The Kier molecular flexibility index (Phi) is 6.03. The van der Waals surface area contributed by atoms with Crippen LogP contribution in [0.25, 0.3) is 0 Å². The summed E-state index contributed by atoms with van der Waals surface area (Å²) in [6.07, 6.45) is 1.51. The van der Waals surface area contributed by atoms with Crippen LogP contribution in [-0.4, -0.2) is 46.6 Å². The number of methoxy groups -OCH3 is 3. The molecule has 122 valence electrons. The van der Waals surface area contributed by atoms with Gasteiger partial charge in [0.25, 0.3) is 0 Å². The molecule has 1 fully saturated rings. The van der Waals surface area contributed by atoms with E-state index >= 15 is 0 Å². The third kappa shape index (κ3) is 3.90. The quantitative estimate of drug-likeness (QED) is 0.751. The van der Waals surface area contributed by atoms with E-state index in [0.29, 0.717) is 29.2 Å².